The molecule has 9 nitrogen and oxygen atoms in total. The van der Waals surface area contributed by atoms with E-state index in [4.69, 9.17) is 19.2 Å². The predicted octanol–water partition coefficient (Wildman–Crippen LogP) is 4.69. The number of alkyl halides is 3. The monoisotopic (exact) mass is 566 g/mol. The lowest BCUT2D eigenvalue weighted by atomic mass is 8.92. The van der Waals surface area contributed by atoms with Crippen LogP contribution in [0.1, 0.15) is 55.9 Å². The minimum Gasteiger partial charge on any atom is -0.490 e. The van der Waals surface area contributed by atoms with Crippen molar-refractivity contribution < 1.29 is 27.4 Å². The van der Waals surface area contributed by atoms with Gasteiger partial charge in [0.25, 0.3) is 5.88 Å². The Morgan fingerprint density at radius 2 is 1.66 bits per heavy atom. The van der Waals surface area contributed by atoms with Crippen LogP contribution < -0.4 is 14.2 Å². The van der Waals surface area contributed by atoms with E-state index >= 15 is 0 Å². The summed E-state index contributed by atoms with van der Waals surface area (Å²) in [4.78, 5) is 22.3. The molecule has 10 rings (SSSR count). The van der Waals surface area contributed by atoms with E-state index in [1.807, 2.05) is 13.8 Å². The van der Waals surface area contributed by atoms with Crippen molar-refractivity contribution in [3.05, 3.63) is 35.9 Å². The highest BCUT2D eigenvalue weighted by Crippen LogP contribution is 3.09. The van der Waals surface area contributed by atoms with Gasteiger partial charge in [-0.2, -0.15) is 18.2 Å². The standard InChI is InChI=1S/C29H29F3N6O3/c1-11(2)38-8-14(29(30,31)32)36-26(38)28-19-16-20(28)18-21(28)17(19)27(16,18)9-41-24-13(39-3)7-33-23(37-24)15-22(12-5-6-12)34-10-35-25(15)40-4/h7-8,10-12,16-21H,5-6,9H2,1-4H3. The first-order valence-electron chi connectivity index (χ1n) is 14.3. The van der Waals surface area contributed by atoms with Crippen molar-refractivity contribution >= 4 is 0 Å². The van der Waals surface area contributed by atoms with Crippen LogP contribution in [0.4, 0.5) is 13.2 Å². The number of methoxy groups -OCH3 is 2. The van der Waals surface area contributed by atoms with Crippen molar-refractivity contribution in [3.63, 3.8) is 0 Å². The number of nitrogens with zero attached hydrogens (tertiary/aromatic N) is 6. The Morgan fingerprint density at radius 1 is 0.951 bits per heavy atom. The molecular formula is C29H29F3N6O3. The van der Waals surface area contributed by atoms with E-state index in [-0.39, 0.29) is 16.9 Å². The van der Waals surface area contributed by atoms with Crippen LogP contribution in [0.5, 0.6) is 17.5 Å². The second kappa shape index (κ2) is 7.30. The van der Waals surface area contributed by atoms with Crippen LogP contribution in [-0.2, 0) is 11.6 Å². The highest BCUT2D eigenvalue weighted by Gasteiger charge is 3.10. The van der Waals surface area contributed by atoms with Gasteiger partial charge in [0.1, 0.15) is 17.7 Å². The summed E-state index contributed by atoms with van der Waals surface area (Å²) < 4.78 is 60.0. The lowest BCUT2D eigenvalue weighted by Crippen LogP contribution is -3.12. The highest BCUT2D eigenvalue weighted by atomic mass is 19.4. The minimum absolute atomic E-state index is 0.0694. The molecule has 0 aliphatic heterocycles. The van der Waals surface area contributed by atoms with E-state index < -0.39 is 11.9 Å². The molecule has 7 saturated carbocycles. The normalized spacial score (nSPS) is 36.4. The van der Waals surface area contributed by atoms with Gasteiger partial charge in [0.05, 0.1) is 32.7 Å². The lowest BCUT2D eigenvalue weighted by molar-refractivity contribution is -0.632. The van der Waals surface area contributed by atoms with Gasteiger partial charge in [0.15, 0.2) is 17.3 Å². The van der Waals surface area contributed by atoms with Crippen LogP contribution in [0, 0.1) is 40.9 Å². The van der Waals surface area contributed by atoms with Gasteiger partial charge >= 0.3 is 6.18 Å². The second-order valence-electron chi connectivity index (χ2n) is 12.9. The molecule has 7 aliphatic carbocycles. The van der Waals surface area contributed by atoms with Crippen molar-refractivity contribution in [1.82, 2.24) is 29.5 Å². The smallest absolute Gasteiger partial charge is 0.434 e. The largest absolute Gasteiger partial charge is 0.490 e. The van der Waals surface area contributed by atoms with Gasteiger partial charge < -0.3 is 18.8 Å². The molecule has 0 saturated heterocycles. The number of halogens is 3. The first-order valence-corrected chi connectivity index (χ1v) is 14.3. The minimum atomic E-state index is -4.44. The van der Waals surface area contributed by atoms with E-state index in [0.29, 0.717) is 82.8 Å². The summed E-state index contributed by atoms with van der Waals surface area (Å²) in [6, 6.07) is -0.0694. The van der Waals surface area contributed by atoms with Gasteiger partial charge in [-0.1, -0.05) is 0 Å². The molecule has 0 amide bonds. The van der Waals surface area contributed by atoms with Crippen LogP contribution >= 0.6 is 0 Å². The van der Waals surface area contributed by atoms with Gasteiger partial charge in [-0.05, 0) is 62.2 Å². The van der Waals surface area contributed by atoms with Crippen molar-refractivity contribution in [2.24, 2.45) is 40.9 Å². The highest BCUT2D eigenvalue weighted by molar-refractivity contribution is 5.67. The molecule has 0 spiro atoms. The summed E-state index contributed by atoms with van der Waals surface area (Å²) in [5.41, 5.74) is 0.713. The van der Waals surface area contributed by atoms with E-state index in [1.54, 1.807) is 25.0 Å². The summed E-state index contributed by atoms with van der Waals surface area (Å²) in [6.45, 7) is 4.37. The lowest BCUT2D eigenvalue weighted by Gasteiger charge is -3.10. The quantitative estimate of drug-likeness (QED) is 0.368. The molecule has 41 heavy (non-hydrogen) atoms. The Hall–Kier alpha value is -3.44. The van der Waals surface area contributed by atoms with E-state index in [9.17, 15) is 13.2 Å². The molecular weight excluding hydrogens is 537 g/mol. The molecule has 3 heterocycles. The zero-order valence-corrected chi connectivity index (χ0v) is 23.0. The van der Waals surface area contributed by atoms with Crippen LogP contribution in [0.2, 0.25) is 0 Å². The Kier molecular flexibility index (Phi) is 4.31. The van der Waals surface area contributed by atoms with Gasteiger partial charge in [-0.15, -0.1) is 0 Å². The van der Waals surface area contributed by atoms with Crippen LogP contribution in [0.25, 0.3) is 11.4 Å². The number of hydrogen-bond donors (Lipinski definition) is 0. The van der Waals surface area contributed by atoms with Crippen LogP contribution in [0.15, 0.2) is 18.7 Å². The summed E-state index contributed by atoms with van der Waals surface area (Å²) in [6.07, 6.45) is 2.00. The Balaban J connectivity index is 0.984. The Bertz CT molecular complexity index is 1580. The number of ether oxygens (including phenoxy) is 3. The summed E-state index contributed by atoms with van der Waals surface area (Å²) >= 11 is 0. The first kappa shape index (κ1) is 24.2. The van der Waals surface area contributed by atoms with Gasteiger partial charge in [-0.25, -0.2) is 19.9 Å². The molecule has 214 valence electrons. The molecule has 12 heteroatoms. The topological polar surface area (TPSA) is 97.1 Å². The van der Waals surface area contributed by atoms with Crippen molar-refractivity contribution in [3.8, 4) is 28.9 Å². The Labute approximate surface area is 233 Å². The molecule has 0 bridgehead atoms. The number of imidazole rings is 1. The number of aromatic nitrogens is 6. The van der Waals surface area contributed by atoms with Gasteiger partial charge in [0.2, 0.25) is 5.88 Å². The van der Waals surface area contributed by atoms with Crippen LogP contribution in [-0.4, -0.2) is 50.3 Å². The first-order chi connectivity index (χ1) is 19.7. The third kappa shape index (κ3) is 2.49. The molecule has 0 aromatic carbocycles. The molecule has 0 radical (unpaired) electrons. The Morgan fingerprint density at radius 3 is 2.24 bits per heavy atom. The second-order valence-corrected chi connectivity index (χ2v) is 12.9. The van der Waals surface area contributed by atoms with Crippen molar-refractivity contribution in [2.45, 2.75) is 50.2 Å². The van der Waals surface area contributed by atoms with Gasteiger partial charge in [0, 0.05) is 29.0 Å². The predicted molar refractivity (Wildman–Crippen MR) is 136 cm³/mol. The maximum absolute atomic E-state index is 13.6. The fourth-order valence-electron chi connectivity index (χ4n) is 10.1. The number of hydrogen-bond acceptors (Lipinski definition) is 8. The van der Waals surface area contributed by atoms with Crippen molar-refractivity contribution in [1.29, 1.82) is 0 Å². The molecule has 7 aliphatic rings. The third-order valence-electron chi connectivity index (χ3n) is 11.4. The summed E-state index contributed by atoms with van der Waals surface area (Å²) in [5, 5.41) is 0. The van der Waals surface area contributed by atoms with E-state index in [0.717, 1.165) is 18.5 Å². The maximum Gasteiger partial charge on any atom is 0.434 e. The molecule has 0 unspecified atom stereocenters. The molecule has 3 aromatic rings. The fraction of sp³-hybridized carbons (Fsp3) is 0.621. The average Bonchev–Trinajstić information content (AvgIpc) is 3.71. The maximum atomic E-state index is 13.6. The molecule has 0 N–H and O–H groups in total. The zero-order valence-electron chi connectivity index (χ0n) is 23.0. The fourth-order valence-corrected chi connectivity index (χ4v) is 10.1. The number of rotatable bonds is 9. The SMILES string of the molecule is COc1cnc(-c2c(OC)ncnc2C2CC2)nc1OCC12C3C4C1C1C2C3C41c1nc(C(F)(F)F)cn1C(C)C. The summed E-state index contributed by atoms with van der Waals surface area (Å²) in [5.74, 6) is 5.34. The van der Waals surface area contributed by atoms with E-state index in [2.05, 4.69) is 19.9 Å². The molecule has 0 atom stereocenters. The molecule has 3 aromatic heterocycles. The summed E-state index contributed by atoms with van der Waals surface area (Å²) in [7, 11) is 3.13. The zero-order chi connectivity index (χ0) is 28.2. The average molecular weight is 567 g/mol. The van der Waals surface area contributed by atoms with Crippen LogP contribution in [0.3, 0.4) is 0 Å². The van der Waals surface area contributed by atoms with Gasteiger partial charge in [-0.3, -0.25) is 0 Å². The third-order valence-corrected chi connectivity index (χ3v) is 11.4. The molecule has 7 fully saturated rings. The van der Waals surface area contributed by atoms with E-state index in [1.165, 1.54) is 12.5 Å². The van der Waals surface area contributed by atoms with Crippen molar-refractivity contribution in [2.75, 3.05) is 20.8 Å².